The molecule has 0 aliphatic heterocycles. The average Bonchev–Trinajstić information content (AvgIpc) is 2.90. The second kappa shape index (κ2) is 7.03. The maximum atomic E-state index is 6.34. The zero-order chi connectivity index (χ0) is 14.7. The molecule has 2 nitrogen and oxygen atoms in total. The van der Waals surface area contributed by atoms with Gasteiger partial charge in [-0.1, -0.05) is 39.1 Å². The lowest BCUT2D eigenvalue weighted by atomic mass is 10.1. The highest BCUT2D eigenvalue weighted by Crippen LogP contribution is 2.44. The van der Waals surface area contributed by atoms with E-state index >= 15 is 0 Å². The molecule has 108 valence electrons. The first-order chi connectivity index (χ1) is 9.58. The summed E-state index contributed by atoms with van der Waals surface area (Å²) in [5.74, 6) is 1.43. The number of thiophene rings is 1. The standard InChI is InChI=1S/C14H13BrCl2O2S/c1-3-19-12-7-9(16)8(6-10(12)17)13(15)14-11(18-2)4-5-20-14/h4-7,13H,3H2,1-2H3. The molecule has 0 spiro atoms. The fourth-order valence-corrected chi connectivity index (χ4v) is 4.21. The van der Waals surface area contributed by atoms with E-state index in [1.165, 1.54) is 0 Å². The molecular formula is C14H13BrCl2O2S. The lowest BCUT2D eigenvalue weighted by Gasteiger charge is -2.15. The molecule has 0 saturated carbocycles. The molecule has 20 heavy (non-hydrogen) atoms. The number of halogens is 3. The van der Waals surface area contributed by atoms with Crippen molar-refractivity contribution in [1.82, 2.24) is 0 Å². The average molecular weight is 396 g/mol. The van der Waals surface area contributed by atoms with Crippen LogP contribution in [-0.4, -0.2) is 13.7 Å². The van der Waals surface area contributed by atoms with E-state index in [0.29, 0.717) is 22.4 Å². The first-order valence-electron chi connectivity index (χ1n) is 5.95. The van der Waals surface area contributed by atoms with E-state index < -0.39 is 0 Å². The van der Waals surface area contributed by atoms with E-state index in [0.717, 1.165) is 16.2 Å². The van der Waals surface area contributed by atoms with Gasteiger partial charge < -0.3 is 9.47 Å². The lowest BCUT2D eigenvalue weighted by molar-refractivity contribution is 0.340. The summed E-state index contributed by atoms with van der Waals surface area (Å²) in [4.78, 5) is 0.979. The zero-order valence-corrected chi connectivity index (χ0v) is 14.9. The Bertz CT molecular complexity index is 601. The molecule has 0 aliphatic rings. The molecule has 1 aromatic heterocycles. The van der Waals surface area contributed by atoms with Crippen LogP contribution in [0.3, 0.4) is 0 Å². The highest BCUT2D eigenvalue weighted by molar-refractivity contribution is 9.09. The minimum Gasteiger partial charge on any atom is -0.496 e. The van der Waals surface area contributed by atoms with Crippen LogP contribution in [0, 0.1) is 0 Å². The Hall–Kier alpha value is -0.420. The molecule has 1 atom stereocenters. The van der Waals surface area contributed by atoms with Crippen molar-refractivity contribution in [2.45, 2.75) is 11.8 Å². The van der Waals surface area contributed by atoms with E-state index in [2.05, 4.69) is 15.9 Å². The predicted molar refractivity (Wildman–Crippen MR) is 89.3 cm³/mol. The van der Waals surface area contributed by atoms with Gasteiger partial charge in [-0.2, -0.15) is 0 Å². The monoisotopic (exact) mass is 394 g/mol. The van der Waals surface area contributed by atoms with Crippen molar-refractivity contribution in [3.63, 3.8) is 0 Å². The first-order valence-corrected chi connectivity index (χ1v) is 8.50. The SMILES string of the molecule is CCOc1cc(Cl)c(C(Br)c2sccc2OC)cc1Cl. The summed E-state index contributed by atoms with van der Waals surface area (Å²) in [7, 11) is 1.65. The third kappa shape index (κ3) is 3.25. The molecular weight excluding hydrogens is 383 g/mol. The first kappa shape index (κ1) is 16.0. The predicted octanol–water partition coefficient (Wildman–Crippen LogP) is 5.95. The van der Waals surface area contributed by atoms with Crippen molar-refractivity contribution >= 4 is 50.5 Å². The zero-order valence-electron chi connectivity index (χ0n) is 11.0. The van der Waals surface area contributed by atoms with Crippen LogP contribution in [0.15, 0.2) is 23.6 Å². The van der Waals surface area contributed by atoms with Gasteiger partial charge >= 0.3 is 0 Å². The van der Waals surface area contributed by atoms with Crippen LogP contribution in [0.4, 0.5) is 0 Å². The molecule has 2 rings (SSSR count). The van der Waals surface area contributed by atoms with E-state index in [9.17, 15) is 0 Å². The third-order valence-electron chi connectivity index (χ3n) is 2.73. The maximum absolute atomic E-state index is 6.34. The van der Waals surface area contributed by atoms with E-state index in [1.807, 2.05) is 24.4 Å². The largest absolute Gasteiger partial charge is 0.496 e. The van der Waals surface area contributed by atoms with E-state index in [4.69, 9.17) is 32.7 Å². The number of hydrogen-bond acceptors (Lipinski definition) is 3. The lowest BCUT2D eigenvalue weighted by Crippen LogP contribution is -1.97. The fraction of sp³-hybridized carbons (Fsp3) is 0.286. The molecule has 0 radical (unpaired) electrons. The Morgan fingerprint density at radius 1 is 1.25 bits per heavy atom. The molecule has 0 amide bonds. The normalized spacial score (nSPS) is 12.2. The summed E-state index contributed by atoms with van der Waals surface area (Å²) in [6.45, 7) is 2.45. The molecule has 6 heteroatoms. The molecule has 2 aromatic rings. The number of alkyl halides is 1. The van der Waals surface area contributed by atoms with Gasteiger partial charge in [0.15, 0.2) is 0 Å². The van der Waals surface area contributed by atoms with Crippen molar-refractivity contribution < 1.29 is 9.47 Å². The second-order valence-electron chi connectivity index (χ2n) is 3.95. The van der Waals surface area contributed by atoms with E-state index in [1.54, 1.807) is 24.5 Å². The number of methoxy groups -OCH3 is 1. The number of benzene rings is 1. The summed E-state index contributed by atoms with van der Waals surface area (Å²) in [5.41, 5.74) is 0.890. The van der Waals surface area contributed by atoms with Crippen molar-refractivity contribution in [3.8, 4) is 11.5 Å². The van der Waals surface area contributed by atoms with Crippen molar-refractivity contribution in [1.29, 1.82) is 0 Å². The van der Waals surface area contributed by atoms with Crippen LogP contribution in [0.1, 0.15) is 22.2 Å². The molecule has 0 fully saturated rings. The van der Waals surface area contributed by atoms with Gasteiger partial charge in [0.1, 0.15) is 11.5 Å². The second-order valence-corrected chi connectivity index (χ2v) is 6.63. The maximum Gasteiger partial charge on any atom is 0.139 e. The van der Waals surface area contributed by atoms with Crippen molar-refractivity contribution in [2.24, 2.45) is 0 Å². The summed E-state index contributed by atoms with van der Waals surface area (Å²) in [5, 5.41) is 3.13. The highest BCUT2D eigenvalue weighted by atomic mass is 79.9. The fourth-order valence-electron chi connectivity index (χ4n) is 1.81. The molecule has 1 unspecified atom stereocenters. The summed E-state index contributed by atoms with van der Waals surface area (Å²) in [6, 6.07) is 5.50. The van der Waals surface area contributed by atoms with Gasteiger partial charge in [-0.25, -0.2) is 0 Å². The minimum absolute atomic E-state index is 0.0712. The van der Waals surface area contributed by atoms with Crippen LogP contribution in [0.25, 0.3) is 0 Å². The van der Waals surface area contributed by atoms with Crippen LogP contribution >= 0.6 is 50.5 Å². The van der Waals surface area contributed by atoms with Gasteiger partial charge in [-0.05, 0) is 30.0 Å². The molecule has 0 bridgehead atoms. The van der Waals surface area contributed by atoms with Gasteiger partial charge in [0.2, 0.25) is 0 Å². The topological polar surface area (TPSA) is 18.5 Å². The number of ether oxygens (including phenoxy) is 2. The number of rotatable bonds is 5. The molecule has 0 saturated heterocycles. The Morgan fingerprint density at radius 3 is 2.65 bits per heavy atom. The Balaban J connectivity index is 2.40. The molecule has 1 heterocycles. The Kier molecular flexibility index (Phi) is 5.61. The molecule has 1 aromatic carbocycles. The van der Waals surface area contributed by atoms with Crippen LogP contribution in [0.5, 0.6) is 11.5 Å². The van der Waals surface area contributed by atoms with E-state index in [-0.39, 0.29) is 4.83 Å². The third-order valence-corrected chi connectivity index (χ3v) is 5.57. The minimum atomic E-state index is -0.0712. The smallest absolute Gasteiger partial charge is 0.139 e. The van der Waals surface area contributed by atoms with Crippen molar-refractivity contribution in [2.75, 3.05) is 13.7 Å². The van der Waals surface area contributed by atoms with Gasteiger partial charge in [-0.3, -0.25) is 0 Å². The van der Waals surface area contributed by atoms with Gasteiger partial charge in [0.25, 0.3) is 0 Å². The van der Waals surface area contributed by atoms with Gasteiger partial charge in [-0.15, -0.1) is 11.3 Å². The number of hydrogen-bond donors (Lipinski definition) is 0. The molecule has 0 N–H and O–H groups in total. The van der Waals surface area contributed by atoms with Crippen molar-refractivity contribution in [3.05, 3.63) is 44.1 Å². The summed E-state index contributed by atoms with van der Waals surface area (Å²) in [6.07, 6.45) is 0. The van der Waals surface area contributed by atoms with Gasteiger partial charge in [0, 0.05) is 11.1 Å². The molecule has 0 aliphatic carbocycles. The summed E-state index contributed by atoms with van der Waals surface area (Å²) >= 11 is 17.8. The van der Waals surface area contributed by atoms with Gasteiger partial charge in [0.05, 0.1) is 28.4 Å². The van der Waals surface area contributed by atoms with Crippen LogP contribution in [0.2, 0.25) is 10.0 Å². The quantitative estimate of drug-likeness (QED) is 0.582. The summed E-state index contributed by atoms with van der Waals surface area (Å²) < 4.78 is 10.8. The highest BCUT2D eigenvalue weighted by Gasteiger charge is 2.21. The van der Waals surface area contributed by atoms with Crippen LogP contribution in [-0.2, 0) is 0 Å². The Morgan fingerprint density at radius 2 is 2.00 bits per heavy atom. The Labute approximate surface area is 140 Å². The van der Waals surface area contributed by atoms with Crippen LogP contribution < -0.4 is 9.47 Å².